The Bertz CT molecular complexity index is 963. The van der Waals surface area contributed by atoms with Crippen LogP contribution in [0.5, 0.6) is 5.75 Å². The zero-order valence-corrected chi connectivity index (χ0v) is 16.6. The molecule has 0 aliphatic carbocycles. The Morgan fingerprint density at radius 3 is 3.00 bits per heavy atom. The third-order valence-electron chi connectivity index (χ3n) is 4.50. The number of hydrogen-bond acceptors (Lipinski definition) is 8. The summed E-state index contributed by atoms with van der Waals surface area (Å²) in [6, 6.07) is 5.93. The second-order valence-electron chi connectivity index (χ2n) is 6.39. The first-order chi connectivity index (χ1) is 13.8. The molecule has 8 heteroatoms. The van der Waals surface area contributed by atoms with E-state index in [4.69, 9.17) is 19.5 Å². The van der Waals surface area contributed by atoms with Gasteiger partial charge in [-0.2, -0.15) is 0 Å². The normalized spacial score (nSPS) is 18.5. The van der Waals surface area contributed by atoms with Crippen molar-refractivity contribution >= 4 is 34.4 Å². The van der Waals surface area contributed by atoms with Gasteiger partial charge in [0.25, 0.3) is 0 Å². The number of fused-ring (bicyclic) bond motifs is 3. The fraction of sp³-hybridized carbons (Fsp3) is 0.300. The second kappa shape index (κ2) is 8.45. The van der Waals surface area contributed by atoms with Gasteiger partial charge in [0.05, 0.1) is 35.9 Å². The number of benzene rings is 1. The molecule has 1 N–H and O–H groups in total. The standard InChI is InChI=1S/C20H21N5O2S/c1-26-11-13-3-4-15(9-17(13)27-2)24-20-23-14-5-6-16(25-20)19(22-8-7-14)18-10-21-12-28-18/h3-4,7-10,12,14H,5-6,11H2,1-2H3,(H,23,24). The number of anilines is 1. The number of nitrogens with zero attached hydrogens (tertiary/aromatic N) is 4. The third kappa shape index (κ3) is 4.02. The van der Waals surface area contributed by atoms with E-state index in [0.717, 1.165) is 46.1 Å². The summed E-state index contributed by atoms with van der Waals surface area (Å²) < 4.78 is 10.7. The highest BCUT2D eigenvalue weighted by Crippen LogP contribution is 2.25. The maximum absolute atomic E-state index is 5.48. The van der Waals surface area contributed by atoms with Gasteiger partial charge in [0, 0.05) is 36.8 Å². The van der Waals surface area contributed by atoms with E-state index in [1.54, 1.807) is 25.6 Å². The lowest BCUT2D eigenvalue weighted by Gasteiger charge is -2.12. The van der Waals surface area contributed by atoms with Gasteiger partial charge >= 0.3 is 0 Å². The van der Waals surface area contributed by atoms with Crippen LogP contribution < -0.4 is 10.1 Å². The van der Waals surface area contributed by atoms with Gasteiger partial charge in [-0.05, 0) is 25.0 Å². The zero-order chi connectivity index (χ0) is 19.3. The molecule has 0 amide bonds. The number of aliphatic imine (C=N–C) groups is 3. The first-order valence-electron chi connectivity index (χ1n) is 8.99. The summed E-state index contributed by atoms with van der Waals surface area (Å²) in [6.07, 6.45) is 7.38. The Kier molecular flexibility index (Phi) is 5.59. The zero-order valence-electron chi connectivity index (χ0n) is 15.8. The molecule has 1 aromatic carbocycles. The first kappa shape index (κ1) is 18.5. The smallest absolute Gasteiger partial charge is 0.223 e. The van der Waals surface area contributed by atoms with Gasteiger partial charge in [-0.15, -0.1) is 11.3 Å². The maximum Gasteiger partial charge on any atom is 0.223 e. The summed E-state index contributed by atoms with van der Waals surface area (Å²) in [6.45, 7) is 0.494. The Balaban J connectivity index is 1.65. The molecular weight excluding hydrogens is 374 g/mol. The number of nitrogens with one attached hydrogen (secondary N) is 1. The lowest BCUT2D eigenvalue weighted by molar-refractivity contribution is 0.181. The molecule has 144 valence electrons. The monoisotopic (exact) mass is 395 g/mol. The molecular formula is C20H21N5O2S. The van der Waals surface area contributed by atoms with E-state index in [0.29, 0.717) is 12.6 Å². The van der Waals surface area contributed by atoms with Crippen LogP contribution in [0.15, 0.2) is 57.2 Å². The average Bonchev–Trinajstić information content (AvgIpc) is 3.16. The summed E-state index contributed by atoms with van der Waals surface area (Å²) in [5.74, 6) is 1.33. The van der Waals surface area contributed by atoms with Gasteiger partial charge in [-0.1, -0.05) is 6.07 Å². The van der Waals surface area contributed by atoms with Crippen molar-refractivity contribution in [1.29, 1.82) is 0 Å². The van der Waals surface area contributed by atoms with E-state index in [-0.39, 0.29) is 6.04 Å². The molecule has 3 heterocycles. The van der Waals surface area contributed by atoms with E-state index >= 15 is 0 Å². The molecule has 2 bridgehead atoms. The van der Waals surface area contributed by atoms with Crippen molar-refractivity contribution in [3.05, 3.63) is 52.6 Å². The highest BCUT2D eigenvalue weighted by Gasteiger charge is 2.21. The maximum atomic E-state index is 5.48. The van der Waals surface area contributed by atoms with Crippen molar-refractivity contribution < 1.29 is 9.47 Å². The summed E-state index contributed by atoms with van der Waals surface area (Å²) in [5, 5.41) is 3.33. The van der Waals surface area contributed by atoms with Crippen LogP contribution >= 0.6 is 11.3 Å². The van der Waals surface area contributed by atoms with Crippen LogP contribution in [0.1, 0.15) is 23.3 Å². The van der Waals surface area contributed by atoms with Crippen molar-refractivity contribution in [1.82, 2.24) is 4.98 Å². The molecule has 0 saturated carbocycles. The summed E-state index contributed by atoms with van der Waals surface area (Å²) in [7, 11) is 3.32. The topological polar surface area (TPSA) is 80.5 Å². The second-order valence-corrected chi connectivity index (χ2v) is 7.27. The number of ether oxygens (including phenoxy) is 2. The highest BCUT2D eigenvalue weighted by molar-refractivity contribution is 7.12. The quantitative estimate of drug-likeness (QED) is 0.837. The molecule has 0 saturated heterocycles. The number of guanidine groups is 1. The summed E-state index contributed by atoms with van der Waals surface area (Å²) >= 11 is 1.56. The minimum Gasteiger partial charge on any atom is -0.496 e. The van der Waals surface area contributed by atoms with Gasteiger partial charge in [0.15, 0.2) is 0 Å². The molecule has 1 atom stereocenters. The molecule has 4 rings (SSSR count). The minimum absolute atomic E-state index is 0.0465. The Labute approximate surface area is 167 Å². The number of methoxy groups -OCH3 is 2. The number of aromatic nitrogens is 1. The van der Waals surface area contributed by atoms with E-state index in [1.165, 1.54) is 0 Å². The Hall–Kier alpha value is -2.84. The Morgan fingerprint density at radius 1 is 1.29 bits per heavy atom. The van der Waals surface area contributed by atoms with E-state index in [2.05, 4.69) is 15.3 Å². The molecule has 28 heavy (non-hydrogen) atoms. The third-order valence-corrected chi connectivity index (χ3v) is 5.28. The minimum atomic E-state index is 0.0465. The molecule has 0 spiro atoms. The van der Waals surface area contributed by atoms with Gasteiger partial charge in [0.1, 0.15) is 11.5 Å². The molecule has 2 aliphatic heterocycles. The fourth-order valence-electron chi connectivity index (χ4n) is 3.15. The fourth-order valence-corrected chi connectivity index (χ4v) is 3.78. The summed E-state index contributed by atoms with van der Waals surface area (Å²) in [5.41, 5.74) is 5.44. The predicted molar refractivity (Wildman–Crippen MR) is 113 cm³/mol. The molecule has 1 unspecified atom stereocenters. The number of thiazole rings is 1. The lowest BCUT2D eigenvalue weighted by Crippen LogP contribution is -2.18. The van der Waals surface area contributed by atoms with Crippen LogP contribution in [0.4, 0.5) is 5.69 Å². The van der Waals surface area contributed by atoms with Gasteiger partial charge in [-0.25, -0.2) is 9.98 Å². The number of rotatable bonds is 5. The van der Waals surface area contributed by atoms with Crippen molar-refractivity contribution in [2.45, 2.75) is 25.5 Å². The van der Waals surface area contributed by atoms with E-state index in [1.807, 2.05) is 42.2 Å². The lowest BCUT2D eigenvalue weighted by atomic mass is 10.0. The van der Waals surface area contributed by atoms with E-state index in [9.17, 15) is 0 Å². The van der Waals surface area contributed by atoms with Gasteiger partial charge < -0.3 is 14.8 Å². The largest absolute Gasteiger partial charge is 0.496 e. The van der Waals surface area contributed by atoms with Crippen molar-refractivity contribution in [3.8, 4) is 5.75 Å². The van der Waals surface area contributed by atoms with Crippen LogP contribution in [0, 0.1) is 0 Å². The number of hydrogen-bond donors (Lipinski definition) is 1. The van der Waals surface area contributed by atoms with Crippen molar-refractivity contribution in [2.75, 3.05) is 19.5 Å². The molecule has 7 nitrogen and oxygen atoms in total. The van der Waals surface area contributed by atoms with Crippen LogP contribution in [0.25, 0.3) is 0 Å². The first-order valence-corrected chi connectivity index (χ1v) is 9.86. The van der Waals surface area contributed by atoms with Gasteiger partial charge in [-0.3, -0.25) is 9.98 Å². The molecule has 1 aromatic heterocycles. The predicted octanol–water partition coefficient (Wildman–Crippen LogP) is 3.69. The van der Waals surface area contributed by atoms with Gasteiger partial charge in [0.2, 0.25) is 5.96 Å². The molecule has 2 aromatic rings. The SMILES string of the molecule is COCc1ccc(NC2=NC3C=CN=C(c4cncs4)C(=N2)CC3)cc1OC. The van der Waals surface area contributed by atoms with Crippen LogP contribution in [0.3, 0.4) is 0 Å². The van der Waals surface area contributed by atoms with Crippen molar-refractivity contribution in [2.24, 2.45) is 15.0 Å². The molecule has 0 fully saturated rings. The molecule has 2 aliphatic rings. The highest BCUT2D eigenvalue weighted by atomic mass is 32.1. The average molecular weight is 395 g/mol. The summed E-state index contributed by atoms with van der Waals surface area (Å²) in [4.78, 5) is 19.4. The van der Waals surface area contributed by atoms with Crippen LogP contribution in [-0.4, -0.2) is 42.6 Å². The van der Waals surface area contributed by atoms with Crippen LogP contribution in [0.2, 0.25) is 0 Å². The van der Waals surface area contributed by atoms with Crippen molar-refractivity contribution in [3.63, 3.8) is 0 Å². The molecule has 0 radical (unpaired) electrons. The van der Waals surface area contributed by atoms with Crippen LogP contribution in [-0.2, 0) is 11.3 Å². The van der Waals surface area contributed by atoms with E-state index < -0.39 is 0 Å². The Morgan fingerprint density at radius 2 is 2.21 bits per heavy atom.